The van der Waals surface area contributed by atoms with Crippen LogP contribution in [0, 0.1) is 0 Å². The first-order chi connectivity index (χ1) is 13.8. The number of fused-ring (bicyclic) bond motifs is 1. The third-order valence-electron chi connectivity index (χ3n) is 4.74. The lowest BCUT2D eigenvalue weighted by Gasteiger charge is -2.10. The number of carbonyl (C=O) groups is 3. The zero-order chi connectivity index (χ0) is 21.0. The van der Waals surface area contributed by atoms with Crippen LogP contribution >= 0.6 is 0 Å². The second-order valence-electron chi connectivity index (χ2n) is 7.09. The van der Waals surface area contributed by atoms with E-state index in [4.69, 9.17) is 0 Å². The summed E-state index contributed by atoms with van der Waals surface area (Å²) in [5, 5.41) is 2.70. The lowest BCUT2D eigenvalue weighted by atomic mass is 10.0. The van der Waals surface area contributed by atoms with Crippen molar-refractivity contribution in [1.29, 1.82) is 0 Å². The van der Waals surface area contributed by atoms with Gasteiger partial charge >= 0.3 is 0 Å². The molecule has 0 aliphatic carbocycles. The molecule has 2 aromatic rings. The van der Waals surface area contributed by atoms with Gasteiger partial charge in [-0.05, 0) is 47.9 Å². The van der Waals surface area contributed by atoms with Crippen LogP contribution in [0.15, 0.2) is 42.5 Å². The average Bonchev–Trinajstić information content (AvgIpc) is 3.09. The van der Waals surface area contributed by atoms with Crippen LogP contribution in [0.25, 0.3) is 0 Å². The van der Waals surface area contributed by atoms with Gasteiger partial charge in [0.2, 0.25) is 6.41 Å². The molecule has 1 heterocycles. The van der Waals surface area contributed by atoms with E-state index in [1.54, 1.807) is 41.3 Å². The molecule has 0 bridgehead atoms. The van der Waals surface area contributed by atoms with Gasteiger partial charge in [0.15, 0.2) is 15.6 Å². The molecule has 8 heteroatoms. The minimum Gasteiger partial charge on any atom is -0.352 e. The van der Waals surface area contributed by atoms with Crippen LogP contribution in [0.1, 0.15) is 38.3 Å². The topological polar surface area (TPSA) is 101 Å². The normalized spacial score (nSPS) is 13.1. The van der Waals surface area contributed by atoms with Gasteiger partial charge in [0, 0.05) is 42.6 Å². The standard InChI is InChI=1S/C21H22N2O5S/c1-29(27,28)13-15-2-4-16(5-3-15)21(26)22-10-8-20(25)18-6-7-19-17(12-18)9-11-23(19)14-24/h2-7,12,14H,8-11,13H2,1H3,(H,22,26). The lowest BCUT2D eigenvalue weighted by molar-refractivity contribution is -0.107. The monoisotopic (exact) mass is 414 g/mol. The maximum atomic E-state index is 12.4. The Morgan fingerprint density at radius 2 is 1.79 bits per heavy atom. The third kappa shape index (κ3) is 5.29. The summed E-state index contributed by atoms with van der Waals surface area (Å²) in [5.74, 6) is -0.477. The molecule has 0 saturated heterocycles. The van der Waals surface area contributed by atoms with E-state index in [2.05, 4.69) is 5.32 Å². The lowest BCUT2D eigenvalue weighted by Crippen LogP contribution is -2.26. The molecule has 29 heavy (non-hydrogen) atoms. The van der Waals surface area contributed by atoms with Crippen molar-refractivity contribution in [2.45, 2.75) is 18.6 Å². The summed E-state index contributed by atoms with van der Waals surface area (Å²) in [7, 11) is -3.13. The van der Waals surface area contributed by atoms with E-state index in [9.17, 15) is 22.8 Å². The second kappa shape index (κ2) is 8.57. The Morgan fingerprint density at radius 3 is 2.45 bits per heavy atom. The van der Waals surface area contributed by atoms with E-state index in [1.807, 2.05) is 6.07 Å². The highest BCUT2D eigenvalue weighted by atomic mass is 32.2. The molecule has 7 nitrogen and oxygen atoms in total. The summed E-state index contributed by atoms with van der Waals surface area (Å²) >= 11 is 0. The summed E-state index contributed by atoms with van der Waals surface area (Å²) in [4.78, 5) is 37.2. The quantitative estimate of drug-likeness (QED) is 0.524. The van der Waals surface area contributed by atoms with E-state index in [0.29, 0.717) is 23.2 Å². The zero-order valence-electron chi connectivity index (χ0n) is 16.1. The molecule has 0 atom stereocenters. The number of Topliss-reactive ketones (excluding diaryl/α,β-unsaturated/α-hetero) is 1. The van der Waals surface area contributed by atoms with Gasteiger partial charge in [0.05, 0.1) is 5.75 Å². The number of hydrogen-bond acceptors (Lipinski definition) is 5. The van der Waals surface area contributed by atoms with Crippen LogP contribution in [0.2, 0.25) is 0 Å². The molecule has 3 rings (SSSR count). The molecular formula is C21H22N2O5S. The number of nitrogens with zero attached hydrogens (tertiary/aromatic N) is 1. The van der Waals surface area contributed by atoms with Crippen molar-refractivity contribution in [2.24, 2.45) is 0 Å². The molecule has 1 aliphatic rings. The van der Waals surface area contributed by atoms with Crippen LogP contribution in [0.3, 0.4) is 0 Å². The number of nitrogens with one attached hydrogen (secondary N) is 1. The molecule has 0 saturated carbocycles. The van der Waals surface area contributed by atoms with Gasteiger partial charge in [-0.3, -0.25) is 14.4 Å². The van der Waals surface area contributed by atoms with Crippen molar-refractivity contribution in [3.8, 4) is 0 Å². The van der Waals surface area contributed by atoms with Crippen molar-refractivity contribution >= 4 is 33.6 Å². The van der Waals surface area contributed by atoms with Gasteiger partial charge in [-0.15, -0.1) is 0 Å². The maximum Gasteiger partial charge on any atom is 0.251 e. The summed E-state index contributed by atoms with van der Waals surface area (Å²) in [6, 6.07) is 11.6. The third-order valence-corrected chi connectivity index (χ3v) is 5.60. The molecule has 0 spiro atoms. The summed E-state index contributed by atoms with van der Waals surface area (Å²) in [6.45, 7) is 0.815. The molecule has 2 amide bonds. The van der Waals surface area contributed by atoms with Gasteiger partial charge < -0.3 is 10.2 Å². The zero-order valence-corrected chi connectivity index (χ0v) is 16.9. The number of carbonyl (C=O) groups excluding carboxylic acids is 3. The highest BCUT2D eigenvalue weighted by Crippen LogP contribution is 2.27. The largest absolute Gasteiger partial charge is 0.352 e. The Hall–Kier alpha value is -3.00. The second-order valence-corrected chi connectivity index (χ2v) is 9.23. The number of sulfone groups is 1. The van der Waals surface area contributed by atoms with Gasteiger partial charge in [0.1, 0.15) is 0 Å². The minimum absolute atomic E-state index is 0.0746. The summed E-state index contributed by atoms with van der Waals surface area (Å²) < 4.78 is 22.6. The van der Waals surface area contributed by atoms with Gasteiger partial charge in [0.25, 0.3) is 5.91 Å². The molecule has 0 unspecified atom stereocenters. The first kappa shape index (κ1) is 20.7. The van der Waals surface area contributed by atoms with Crippen LogP contribution in [0.5, 0.6) is 0 Å². The molecule has 0 aromatic heterocycles. The number of rotatable bonds is 8. The predicted octanol–water partition coefficient (Wildman–Crippen LogP) is 1.75. The predicted molar refractivity (Wildman–Crippen MR) is 110 cm³/mol. The van der Waals surface area contributed by atoms with Gasteiger partial charge in [-0.25, -0.2) is 8.42 Å². The Bertz CT molecular complexity index is 1050. The van der Waals surface area contributed by atoms with Gasteiger partial charge in [-0.2, -0.15) is 0 Å². The van der Waals surface area contributed by atoms with Crippen molar-refractivity contribution in [1.82, 2.24) is 5.32 Å². The van der Waals surface area contributed by atoms with Crippen LogP contribution in [-0.2, 0) is 26.8 Å². The van der Waals surface area contributed by atoms with Crippen molar-refractivity contribution < 1.29 is 22.8 Å². The molecule has 0 fully saturated rings. The summed E-state index contributed by atoms with van der Waals surface area (Å²) in [5.41, 5.74) is 3.39. The van der Waals surface area contributed by atoms with E-state index < -0.39 is 9.84 Å². The first-order valence-electron chi connectivity index (χ1n) is 9.20. The highest BCUT2D eigenvalue weighted by Gasteiger charge is 2.20. The first-order valence-corrected chi connectivity index (χ1v) is 11.3. The molecule has 2 aromatic carbocycles. The fraction of sp³-hybridized carbons (Fsp3) is 0.286. The van der Waals surface area contributed by atoms with Crippen LogP contribution in [0.4, 0.5) is 5.69 Å². The van der Waals surface area contributed by atoms with E-state index in [-0.39, 0.29) is 30.4 Å². The molecule has 152 valence electrons. The van der Waals surface area contributed by atoms with E-state index in [1.165, 1.54) is 0 Å². The van der Waals surface area contributed by atoms with Crippen molar-refractivity contribution in [2.75, 3.05) is 24.2 Å². The smallest absolute Gasteiger partial charge is 0.251 e. The molecular weight excluding hydrogens is 392 g/mol. The fourth-order valence-corrected chi connectivity index (χ4v) is 4.10. The fourth-order valence-electron chi connectivity index (χ4n) is 3.30. The number of hydrogen-bond donors (Lipinski definition) is 1. The number of ketones is 1. The van der Waals surface area contributed by atoms with E-state index >= 15 is 0 Å². The van der Waals surface area contributed by atoms with Crippen molar-refractivity contribution in [3.05, 3.63) is 64.7 Å². The Morgan fingerprint density at radius 1 is 1.10 bits per heavy atom. The van der Waals surface area contributed by atoms with Crippen molar-refractivity contribution in [3.63, 3.8) is 0 Å². The number of amides is 2. The SMILES string of the molecule is CS(=O)(=O)Cc1ccc(C(=O)NCCC(=O)c2ccc3c(c2)CCN3C=O)cc1. The highest BCUT2D eigenvalue weighted by molar-refractivity contribution is 7.89. The Balaban J connectivity index is 1.52. The number of benzene rings is 2. The summed E-state index contributed by atoms with van der Waals surface area (Å²) in [6.07, 6.45) is 2.83. The minimum atomic E-state index is -3.13. The average molecular weight is 414 g/mol. The van der Waals surface area contributed by atoms with Crippen LogP contribution in [-0.4, -0.2) is 45.9 Å². The number of anilines is 1. The molecule has 1 N–H and O–H groups in total. The Labute approximate surface area is 169 Å². The van der Waals surface area contributed by atoms with Crippen LogP contribution < -0.4 is 10.2 Å². The van der Waals surface area contributed by atoms with Gasteiger partial charge in [-0.1, -0.05) is 12.1 Å². The Kier molecular flexibility index (Phi) is 6.12. The van der Waals surface area contributed by atoms with E-state index in [0.717, 1.165) is 30.3 Å². The molecule has 0 radical (unpaired) electrons. The maximum absolute atomic E-state index is 12.4. The molecule has 1 aliphatic heterocycles.